The van der Waals surface area contributed by atoms with Gasteiger partial charge >= 0.3 is 0 Å². The average molecular weight is 537 g/mol. The molecule has 5 nitrogen and oxygen atoms in total. The summed E-state index contributed by atoms with van der Waals surface area (Å²) in [6.07, 6.45) is 29.4. The summed E-state index contributed by atoms with van der Waals surface area (Å²) >= 11 is 0. The Labute approximate surface area is 237 Å². The van der Waals surface area contributed by atoms with Crippen LogP contribution in [0.2, 0.25) is 0 Å². The normalized spacial score (nSPS) is 14.3. The zero-order chi connectivity index (χ0) is 28.1. The van der Waals surface area contributed by atoms with Gasteiger partial charge in [0.15, 0.2) is 0 Å². The molecule has 2 atom stereocenters. The first-order valence-electron chi connectivity index (χ1n) is 15.6. The fourth-order valence-electron chi connectivity index (χ4n) is 4.15. The molecule has 0 aliphatic carbocycles. The van der Waals surface area contributed by atoms with E-state index in [0.29, 0.717) is 12.6 Å². The van der Waals surface area contributed by atoms with E-state index in [1.165, 1.54) is 69.8 Å². The zero-order valence-electron chi connectivity index (χ0n) is 25.9. The SMILES string of the molecule is CCCCC/C=C\C/C=C\CCCCCCCCOCC(COCCCCOC(C)C/C(C)=C/N)N(C)C. The first kappa shape index (κ1) is 36.9. The Morgan fingerprint density at radius 1 is 0.737 bits per heavy atom. The maximum atomic E-state index is 5.97. The van der Waals surface area contributed by atoms with Crippen molar-refractivity contribution in [3.05, 3.63) is 36.1 Å². The van der Waals surface area contributed by atoms with Gasteiger partial charge in [0, 0.05) is 19.8 Å². The van der Waals surface area contributed by atoms with Crippen LogP contribution in [-0.4, -0.2) is 64.2 Å². The van der Waals surface area contributed by atoms with Crippen LogP contribution in [0.4, 0.5) is 0 Å². The van der Waals surface area contributed by atoms with Crippen LogP contribution in [0.1, 0.15) is 117 Å². The van der Waals surface area contributed by atoms with Crippen molar-refractivity contribution >= 4 is 0 Å². The molecule has 0 saturated heterocycles. The number of unbranched alkanes of at least 4 members (excludes halogenated alkanes) is 10. The highest BCUT2D eigenvalue weighted by molar-refractivity contribution is 4.96. The van der Waals surface area contributed by atoms with Crippen LogP contribution in [-0.2, 0) is 14.2 Å². The number of rotatable bonds is 28. The van der Waals surface area contributed by atoms with Crippen LogP contribution in [0, 0.1) is 0 Å². The number of hydrogen-bond donors (Lipinski definition) is 1. The van der Waals surface area contributed by atoms with Crippen LogP contribution in [0.5, 0.6) is 0 Å². The molecule has 0 spiro atoms. The van der Waals surface area contributed by atoms with Gasteiger partial charge in [-0.25, -0.2) is 0 Å². The van der Waals surface area contributed by atoms with Crippen molar-refractivity contribution in [1.82, 2.24) is 4.90 Å². The minimum Gasteiger partial charge on any atom is -0.405 e. The van der Waals surface area contributed by atoms with Crippen LogP contribution in [0.15, 0.2) is 36.1 Å². The lowest BCUT2D eigenvalue weighted by atomic mass is 10.1. The van der Waals surface area contributed by atoms with E-state index < -0.39 is 0 Å². The molecular formula is C33H64N2O3. The van der Waals surface area contributed by atoms with Crippen molar-refractivity contribution in [3.8, 4) is 0 Å². The molecule has 38 heavy (non-hydrogen) atoms. The standard InChI is InChI=1S/C33H64N2O3/c1-6-7-8-9-10-11-12-13-14-15-16-17-18-19-20-21-24-36-29-33(35(4)5)30-37-25-22-23-26-38-32(3)27-31(2)28-34/h10-11,13-14,28,32-33H,6-9,12,15-27,29-30,34H2,1-5H3/b11-10-,14-13-,31-28+. The Bertz CT molecular complexity index is 575. The Hall–Kier alpha value is -1.14. The third-order valence-electron chi connectivity index (χ3n) is 6.82. The van der Waals surface area contributed by atoms with Crippen molar-refractivity contribution in [2.45, 2.75) is 129 Å². The molecule has 0 saturated carbocycles. The molecule has 5 heteroatoms. The minimum atomic E-state index is 0.218. The summed E-state index contributed by atoms with van der Waals surface area (Å²) < 4.78 is 17.7. The summed E-state index contributed by atoms with van der Waals surface area (Å²) in [7, 11) is 4.20. The summed E-state index contributed by atoms with van der Waals surface area (Å²) in [5.74, 6) is 0. The van der Waals surface area contributed by atoms with Gasteiger partial charge in [-0.2, -0.15) is 0 Å². The lowest BCUT2D eigenvalue weighted by molar-refractivity contribution is 0.0159. The molecule has 224 valence electrons. The molecule has 0 radical (unpaired) electrons. The quantitative estimate of drug-likeness (QED) is 0.0806. The predicted molar refractivity (Wildman–Crippen MR) is 166 cm³/mol. The van der Waals surface area contributed by atoms with E-state index in [9.17, 15) is 0 Å². The number of allylic oxidation sites excluding steroid dienone is 4. The van der Waals surface area contributed by atoms with Gasteiger partial charge in [0.25, 0.3) is 0 Å². The lowest BCUT2D eigenvalue weighted by Gasteiger charge is -2.24. The van der Waals surface area contributed by atoms with Crippen LogP contribution in [0.3, 0.4) is 0 Å². The highest BCUT2D eigenvalue weighted by atomic mass is 16.5. The van der Waals surface area contributed by atoms with Gasteiger partial charge < -0.3 is 24.8 Å². The van der Waals surface area contributed by atoms with Gasteiger partial charge in [0.1, 0.15) is 0 Å². The first-order valence-corrected chi connectivity index (χ1v) is 15.6. The second kappa shape index (κ2) is 28.9. The van der Waals surface area contributed by atoms with Crippen LogP contribution in [0.25, 0.3) is 0 Å². The summed E-state index contributed by atoms with van der Waals surface area (Å²) in [5.41, 5.74) is 6.70. The lowest BCUT2D eigenvalue weighted by Crippen LogP contribution is -2.37. The topological polar surface area (TPSA) is 57.0 Å². The van der Waals surface area contributed by atoms with Gasteiger partial charge in [-0.15, -0.1) is 0 Å². The van der Waals surface area contributed by atoms with Gasteiger partial charge in [-0.05, 0) is 91.9 Å². The molecule has 0 fully saturated rings. The summed E-state index contributed by atoms with van der Waals surface area (Å²) in [6, 6.07) is 0.307. The number of nitrogens with two attached hydrogens (primary N) is 1. The third kappa shape index (κ3) is 26.5. The van der Waals surface area contributed by atoms with Crippen LogP contribution >= 0.6 is 0 Å². The Morgan fingerprint density at radius 2 is 1.26 bits per heavy atom. The van der Waals surface area contributed by atoms with E-state index in [0.717, 1.165) is 58.5 Å². The van der Waals surface area contributed by atoms with Gasteiger partial charge in [-0.1, -0.05) is 75.3 Å². The van der Waals surface area contributed by atoms with E-state index in [4.69, 9.17) is 19.9 Å². The molecule has 2 N–H and O–H groups in total. The summed E-state index contributed by atoms with van der Waals surface area (Å²) in [6.45, 7) is 10.3. The monoisotopic (exact) mass is 536 g/mol. The smallest absolute Gasteiger partial charge is 0.0644 e. The fraction of sp³-hybridized carbons (Fsp3) is 0.818. The van der Waals surface area contributed by atoms with Crippen molar-refractivity contribution < 1.29 is 14.2 Å². The van der Waals surface area contributed by atoms with Crippen molar-refractivity contribution in [2.24, 2.45) is 5.73 Å². The molecule has 0 aromatic rings. The molecule has 0 rings (SSSR count). The maximum Gasteiger partial charge on any atom is 0.0644 e. The molecule has 0 heterocycles. The molecule has 2 unspecified atom stereocenters. The van der Waals surface area contributed by atoms with Crippen molar-refractivity contribution in [3.63, 3.8) is 0 Å². The van der Waals surface area contributed by atoms with E-state index in [-0.39, 0.29) is 6.10 Å². The van der Waals surface area contributed by atoms with E-state index in [2.05, 4.69) is 57.1 Å². The Morgan fingerprint density at radius 3 is 1.84 bits per heavy atom. The molecule has 0 aromatic heterocycles. The van der Waals surface area contributed by atoms with Crippen molar-refractivity contribution in [1.29, 1.82) is 0 Å². The third-order valence-corrected chi connectivity index (χ3v) is 6.82. The summed E-state index contributed by atoms with van der Waals surface area (Å²) in [4.78, 5) is 2.20. The second-order valence-electron chi connectivity index (χ2n) is 11.0. The van der Waals surface area contributed by atoms with Gasteiger partial charge in [0.05, 0.1) is 25.4 Å². The van der Waals surface area contributed by atoms with E-state index in [1.54, 1.807) is 6.20 Å². The molecule has 0 bridgehead atoms. The van der Waals surface area contributed by atoms with Crippen LogP contribution < -0.4 is 5.73 Å². The highest BCUT2D eigenvalue weighted by Gasteiger charge is 2.12. The first-order chi connectivity index (χ1) is 18.5. The summed E-state index contributed by atoms with van der Waals surface area (Å²) in [5, 5.41) is 0. The van der Waals surface area contributed by atoms with E-state index in [1.807, 2.05) is 6.92 Å². The molecular weight excluding hydrogens is 472 g/mol. The fourth-order valence-corrected chi connectivity index (χ4v) is 4.15. The number of hydrogen-bond acceptors (Lipinski definition) is 5. The Balaban J connectivity index is 3.55. The predicted octanol–water partition coefficient (Wildman–Crippen LogP) is 8.20. The zero-order valence-corrected chi connectivity index (χ0v) is 25.9. The van der Waals surface area contributed by atoms with E-state index >= 15 is 0 Å². The van der Waals surface area contributed by atoms with Crippen molar-refractivity contribution in [2.75, 3.05) is 47.1 Å². The number of likely N-dealkylation sites (N-methyl/N-ethyl adjacent to an activating group) is 1. The van der Waals surface area contributed by atoms with Gasteiger partial charge in [0.2, 0.25) is 0 Å². The highest BCUT2D eigenvalue weighted by Crippen LogP contribution is 2.09. The maximum absolute atomic E-state index is 5.97. The second-order valence-corrected chi connectivity index (χ2v) is 11.0. The number of ether oxygens (including phenoxy) is 3. The molecule has 0 aliphatic rings. The average Bonchev–Trinajstić information content (AvgIpc) is 2.90. The van der Waals surface area contributed by atoms with Gasteiger partial charge in [-0.3, -0.25) is 0 Å². The Kier molecular flexibility index (Phi) is 28.0. The number of nitrogens with zero attached hydrogens (tertiary/aromatic N) is 1. The molecule has 0 aliphatic heterocycles. The molecule has 0 amide bonds. The molecule has 0 aromatic carbocycles. The minimum absolute atomic E-state index is 0.218. The largest absolute Gasteiger partial charge is 0.405 e.